The maximum absolute atomic E-state index is 12.9. The van der Waals surface area contributed by atoms with Crippen LogP contribution in [0.25, 0.3) is 0 Å². The van der Waals surface area contributed by atoms with Gasteiger partial charge in [0.1, 0.15) is 13.2 Å². The lowest BCUT2D eigenvalue weighted by molar-refractivity contribution is -0.167. The van der Waals surface area contributed by atoms with Crippen LogP contribution in [-0.4, -0.2) is 37.2 Å². The van der Waals surface area contributed by atoms with E-state index in [1.165, 1.54) is 44.9 Å². The summed E-state index contributed by atoms with van der Waals surface area (Å²) in [5.74, 6) is -0.980. The lowest BCUT2D eigenvalue weighted by Gasteiger charge is -2.18. The van der Waals surface area contributed by atoms with Crippen LogP contribution in [0.4, 0.5) is 0 Å². The lowest BCUT2D eigenvalue weighted by atomic mass is 10.1. The minimum Gasteiger partial charge on any atom is -0.462 e. The third kappa shape index (κ3) is 63.5. The summed E-state index contributed by atoms with van der Waals surface area (Å²) in [5, 5.41) is 0. The van der Waals surface area contributed by atoms with Gasteiger partial charge in [-0.3, -0.25) is 14.4 Å². The van der Waals surface area contributed by atoms with Crippen molar-refractivity contribution in [1.82, 2.24) is 0 Å². The topological polar surface area (TPSA) is 78.9 Å². The molecule has 0 rings (SSSR count). The summed E-state index contributed by atoms with van der Waals surface area (Å²) >= 11 is 0. The summed E-state index contributed by atoms with van der Waals surface area (Å²) in [6.45, 7) is 6.24. The van der Waals surface area contributed by atoms with E-state index in [0.717, 1.165) is 161 Å². The number of unbranched alkanes of at least 4 members (excludes halogenated alkanes) is 16. The fraction of sp³-hybridized carbons (Fsp3) is 0.575. The standard InChI is InChI=1S/C73H114O6/c1-4-7-10-13-16-19-22-25-28-30-32-34-35-36-37-39-40-42-45-48-51-54-57-60-63-66-72(75)78-69-70(68-77-71(74)65-62-59-56-53-50-47-44-27-24-21-18-15-12-9-6-3)79-73(76)67-64-61-58-55-52-49-46-43-41-38-33-31-29-26-23-20-17-14-11-8-5-2/h7-12,16-21,25-29,32-34,36-38,40,42,44,50,53,70H,4-6,13-15,22-24,30-31,35,39,41,43,45-49,51-52,54-69H2,1-3H3/b10-7-,11-8-,12-9-,19-16-,20-17-,21-18-,28-25-,29-26-,34-32-,37-36-,38-33-,42-40-,44-27-,53-50-. The highest BCUT2D eigenvalue weighted by molar-refractivity contribution is 5.71. The highest BCUT2D eigenvalue weighted by atomic mass is 16.6. The number of ether oxygens (including phenoxy) is 3. The summed E-state index contributed by atoms with van der Waals surface area (Å²) in [7, 11) is 0. The van der Waals surface area contributed by atoms with Crippen LogP contribution in [0.15, 0.2) is 170 Å². The van der Waals surface area contributed by atoms with Crippen molar-refractivity contribution in [3.8, 4) is 0 Å². The van der Waals surface area contributed by atoms with Crippen LogP contribution in [-0.2, 0) is 28.6 Å². The Morgan fingerprint density at radius 3 is 0.734 bits per heavy atom. The number of carbonyl (C=O) groups excluding carboxylic acids is 3. The van der Waals surface area contributed by atoms with Gasteiger partial charge in [-0.25, -0.2) is 0 Å². The average Bonchev–Trinajstić information content (AvgIpc) is 3.45. The molecule has 0 saturated heterocycles. The molecule has 0 aliphatic rings. The molecule has 6 nitrogen and oxygen atoms in total. The van der Waals surface area contributed by atoms with Gasteiger partial charge >= 0.3 is 17.9 Å². The van der Waals surface area contributed by atoms with E-state index in [1.54, 1.807) is 0 Å². The molecule has 0 fully saturated rings. The zero-order valence-corrected chi connectivity index (χ0v) is 50.6. The van der Waals surface area contributed by atoms with Gasteiger partial charge in [-0.1, -0.05) is 255 Å². The summed E-state index contributed by atoms with van der Waals surface area (Å²) in [5.41, 5.74) is 0. The zero-order valence-electron chi connectivity index (χ0n) is 50.6. The summed E-state index contributed by atoms with van der Waals surface area (Å²) in [6.07, 6.45) is 96.4. The molecule has 0 radical (unpaired) electrons. The molecule has 442 valence electrons. The van der Waals surface area contributed by atoms with Crippen LogP contribution in [0.1, 0.15) is 252 Å². The van der Waals surface area contributed by atoms with Gasteiger partial charge in [-0.05, 0) is 148 Å². The molecule has 1 unspecified atom stereocenters. The molecule has 0 aliphatic heterocycles. The molecule has 0 N–H and O–H groups in total. The number of allylic oxidation sites excluding steroid dienone is 28. The van der Waals surface area contributed by atoms with E-state index in [9.17, 15) is 14.4 Å². The highest BCUT2D eigenvalue weighted by Gasteiger charge is 2.19. The molecule has 0 aliphatic carbocycles. The van der Waals surface area contributed by atoms with Crippen LogP contribution in [0.3, 0.4) is 0 Å². The number of carbonyl (C=O) groups is 3. The largest absolute Gasteiger partial charge is 0.462 e. The number of hydrogen-bond acceptors (Lipinski definition) is 6. The highest BCUT2D eigenvalue weighted by Crippen LogP contribution is 2.14. The Kier molecular flexibility index (Phi) is 61.0. The molecule has 0 aromatic heterocycles. The van der Waals surface area contributed by atoms with Crippen LogP contribution < -0.4 is 0 Å². The quantitative estimate of drug-likeness (QED) is 0.0261. The van der Waals surface area contributed by atoms with Gasteiger partial charge in [0.2, 0.25) is 0 Å². The number of esters is 3. The second-order valence-corrected chi connectivity index (χ2v) is 20.2. The molecule has 6 heteroatoms. The van der Waals surface area contributed by atoms with E-state index >= 15 is 0 Å². The van der Waals surface area contributed by atoms with Crippen LogP contribution in [0.2, 0.25) is 0 Å². The van der Waals surface area contributed by atoms with E-state index in [4.69, 9.17) is 14.2 Å². The van der Waals surface area contributed by atoms with E-state index < -0.39 is 6.10 Å². The van der Waals surface area contributed by atoms with Gasteiger partial charge in [-0.15, -0.1) is 0 Å². The molecule has 0 bridgehead atoms. The zero-order chi connectivity index (χ0) is 57.1. The van der Waals surface area contributed by atoms with Crippen molar-refractivity contribution < 1.29 is 28.6 Å². The van der Waals surface area contributed by atoms with Crippen molar-refractivity contribution >= 4 is 17.9 Å². The second-order valence-electron chi connectivity index (χ2n) is 20.2. The minimum atomic E-state index is -0.817. The summed E-state index contributed by atoms with van der Waals surface area (Å²) < 4.78 is 16.9. The van der Waals surface area contributed by atoms with E-state index in [2.05, 4.69) is 191 Å². The molecule has 0 aromatic carbocycles. The van der Waals surface area contributed by atoms with Crippen molar-refractivity contribution in [3.05, 3.63) is 170 Å². The first-order chi connectivity index (χ1) is 39.0. The van der Waals surface area contributed by atoms with Gasteiger partial charge in [0.05, 0.1) is 0 Å². The predicted molar refractivity (Wildman–Crippen MR) is 343 cm³/mol. The van der Waals surface area contributed by atoms with E-state index in [-0.39, 0.29) is 31.1 Å². The fourth-order valence-electron chi connectivity index (χ4n) is 8.07. The van der Waals surface area contributed by atoms with Gasteiger partial charge < -0.3 is 14.2 Å². The Hall–Kier alpha value is -5.23. The maximum atomic E-state index is 12.9. The van der Waals surface area contributed by atoms with E-state index in [1.807, 2.05) is 0 Å². The maximum Gasteiger partial charge on any atom is 0.306 e. The van der Waals surface area contributed by atoms with Crippen LogP contribution in [0, 0.1) is 0 Å². The molecular formula is C73H114O6. The Balaban J connectivity index is 4.49. The third-order valence-electron chi connectivity index (χ3n) is 12.7. The Bertz CT molecular complexity index is 1820. The second kappa shape index (κ2) is 65.3. The fourth-order valence-corrected chi connectivity index (χ4v) is 8.07. The molecule has 0 saturated carbocycles. The van der Waals surface area contributed by atoms with Gasteiger partial charge in [0.15, 0.2) is 6.10 Å². The number of hydrogen-bond donors (Lipinski definition) is 0. The van der Waals surface area contributed by atoms with Crippen molar-refractivity contribution in [2.75, 3.05) is 13.2 Å². The molecule has 0 amide bonds. The van der Waals surface area contributed by atoms with Crippen LogP contribution in [0.5, 0.6) is 0 Å². The van der Waals surface area contributed by atoms with Gasteiger partial charge in [-0.2, -0.15) is 0 Å². The third-order valence-corrected chi connectivity index (χ3v) is 12.7. The van der Waals surface area contributed by atoms with Crippen molar-refractivity contribution in [1.29, 1.82) is 0 Å². The van der Waals surface area contributed by atoms with Gasteiger partial charge in [0.25, 0.3) is 0 Å². The van der Waals surface area contributed by atoms with Crippen molar-refractivity contribution in [2.45, 2.75) is 258 Å². The first-order valence-electron chi connectivity index (χ1n) is 31.6. The predicted octanol–water partition coefficient (Wildman–Crippen LogP) is 21.9. The SMILES string of the molecule is CC/C=C\C/C=C\C/C=C\C/C=C\C/C=C\C/C=C\CCCCCCCCC(=O)OCC(COC(=O)CCCC/C=C\C/C=C\C/C=C\C/C=C\CC)OC(=O)CCCCCCCCCC/C=C\C/C=C\C/C=C\C/C=C\CC. The molecular weight excluding hydrogens is 973 g/mol. The normalized spacial score (nSPS) is 13.3. The number of rotatable bonds is 55. The molecule has 0 heterocycles. The Morgan fingerprint density at radius 2 is 0.456 bits per heavy atom. The van der Waals surface area contributed by atoms with Crippen LogP contribution >= 0.6 is 0 Å². The average molecular weight is 1090 g/mol. The molecule has 1 atom stereocenters. The Labute approximate surface area is 485 Å². The molecule has 79 heavy (non-hydrogen) atoms. The van der Waals surface area contributed by atoms with Crippen molar-refractivity contribution in [2.24, 2.45) is 0 Å². The monoisotopic (exact) mass is 1090 g/mol. The first kappa shape index (κ1) is 73.8. The summed E-state index contributed by atoms with van der Waals surface area (Å²) in [4.78, 5) is 38.3. The molecule has 0 aromatic rings. The first-order valence-corrected chi connectivity index (χ1v) is 31.6. The molecule has 0 spiro atoms. The van der Waals surface area contributed by atoms with E-state index in [0.29, 0.717) is 25.7 Å². The smallest absolute Gasteiger partial charge is 0.306 e. The lowest BCUT2D eigenvalue weighted by Crippen LogP contribution is -2.30. The Morgan fingerprint density at radius 1 is 0.253 bits per heavy atom. The summed E-state index contributed by atoms with van der Waals surface area (Å²) in [6, 6.07) is 0. The minimum absolute atomic E-state index is 0.111. The van der Waals surface area contributed by atoms with Gasteiger partial charge in [0, 0.05) is 19.3 Å². The van der Waals surface area contributed by atoms with Crippen molar-refractivity contribution in [3.63, 3.8) is 0 Å².